The highest BCUT2D eigenvalue weighted by atomic mass is 35.5. The predicted molar refractivity (Wildman–Crippen MR) is 86.3 cm³/mol. The van der Waals surface area contributed by atoms with Gasteiger partial charge in [-0.1, -0.05) is 41.4 Å². The molecule has 2 N–H and O–H groups in total. The first-order valence-electron chi connectivity index (χ1n) is 6.75. The van der Waals surface area contributed by atoms with Crippen molar-refractivity contribution >= 4 is 29.0 Å². The van der Waals surface area contributed by atoms with Gasteiger partial charge in [0.25, 0.3) is 0 Å². The molecule has 0 saturated carbocycles. The first kappa shape index (κ1) is 16.0. The van der Waals surface area contributed by atoms with Crippen LogP contribution < -0.4 is 5.73 Å². The molecule has 0 fully saturated rings. The van der Waals surface area contributed by atoms with Crippen molar-refractivity contribution in [1.82, 2.24) is 0 Å². The number of Topliss-reactive ketones (excluding diaryl/α,β-unsaturated/α-hetero) is 1. The van der Waals surface area contributed by atoms with Crippen molar-refractivity contribution in [2.45, 2.75) is 20.0 Å². The van der Waals surface area contributed by atoms with Crippen molar-refractivity contribution in [2.24, 2.45) is 0 Å². The van der Waals surface area contributed by atoms with E-state index < -0.39 is 12.1 Å². The summed E-state index contributed by atoms with van der Waals surface area (Å²) in [5.41, 5.74) is 7.74. The Morgan fingerprint density at radius 2 is 1.68 bits per heavy atom. The van der Waals surface area contributed by atoms with Crippen LogP contribution in [0.3, 0.4) is 0 Å². The predicted octanol–water partition coefficient (Wildman–Crippen LogP) is 3.66. The van der Waals surface area contributed by atoms with E-state index in [0.717, 1.165) is 5.56 Å². The summed E-state index contributed by atoms with van der Waals surface area (Å²) in [7, 11) is 0. The number of carbonyl (C=O) groups is 2. The van der Waals surface area contributed by atoms with Gasteiger partial charge in [0.2, 0.25) is 5.78 Å². The molecule has 1 atom stereocenters. The Labute approximate surface area is 133 Å². The molecule has 0 heterocycles. The zero-order valence-corrected chi connectivity index (χ0v) is 13.1. The van der Waals surface area contributed by atoms with E-state index in [-0.39, 0.29) is 17.0 Å². The van der Waals surface area contributed by atoms with Crippen LogP contribution in [0.25, 0.3) is 0 Å². The number of ketones is 1. The molecule has 0 aliphatic heterocycles. The lowest BCUT2D eigenvalue weighted by Crippen LogP contribution is -2.24. The molecule has 2 rings (SSSR count). The minimum Gasteiger partial charge on any atom is -0.451 e. The fraction of sp³-hybridized carbons (Fsp3) is 0.176. The maximum absolute atomic E-state index is 12.2. The normalized spacial score (nSPS) is 11.8. The van der Waals surface area contributed by atoms with Crippen LogP contribution in [0.2, 0.25) is 5.02 Å². The second kappa shape index (κ2) is 6.62. The van der Waals surface area contributed by atoms with E-state index in [4.69, 9.17) is 22.1 Å². The first-order chi connectivity index (χ1) is 10.4. The number of halogens is 1. The molecule has 0 aliphatic carbocycles. The molecule has 0 amide bonds. The quantitative estimate of drug-likeness (QED) is 0.531. The number of nitrogens with two attached hydrogens (primary N) is 1. The Bertz CT molecular complexity index is 710. The van der Waals surface area contributed by atoms with Gasteiger partial charge in [-0.25, -0.2) is 4.79 Å². The highest BCUT2D eigenvalue weighted by Gasteiger charge is 2.20. The van der Waals surface area contributed by atoms with Crippen LogP contribution in [0.1, 0.15) is 33.2 Å². The fourth-order valence-electron chi connectivity index (χ4n) is 1.91. The lowest BCUT2D eigenvalue weighted by atomic mass is 10.1. The largest absolute Gasteiger partial charge is 0.451 e. The summed E-state index contributed by atoms with van der Waals surface area (Å²) in [6, 6.07) is 11.5. The lowest BCUT2D eigenvalue weighted by Gasteiger charge is -2.13. The third-order valence-electron chi connectivity index (χ3n) is 3.22. The summed E-state index contributed by atoms with van der Waals surface area (Å²) in [4.78, 5) is 24.3. The smallest absolute Gasteiger partial charge is 0.338 e. The molecule has 114 valence electrons. The number of hydrogen-bond donors (Lipinski definition) is 1. The van der Waals surface area contributed by atoms with Crippen LogP contribution in [0, 0.1) is 6.92 Å². The van der Waals surface area contributed by atoms with Crippen molar-refractivity contribution in [3.05, 3.63) is 64.2 Å². The average molecular weight is 318 g/mol. The van der Waals surface area contributed by atoms with E-state index in [2.05, 4.69) is 0 Å². The Morgan fingerprint density at radius 1 is 1.09 bits per heavy atom. The summed E-state index contributed by atoms with van der Waals surface area (Å²) in [6.45, 7) is 3.47. The fourth-order valence-corrected chi connectivity index (χ4v) is 2.02. The number of nitrogen functional groups attached to an aromatic ring is 1. The number of carbonyl (C=O) groups excluding carboxylic acids is 2. The minimum atomic E-state index is -0.882. The second-order valence-corrected chi connectivity index (χ2v) is 5.42. The number of ether oxygens (including phenoxy) is 1. The summed E-state index contributed by atoms with van der Waals surface area (Å²) in [5.74, 6) is -0.869. The molecule has 0 bridgehead atoms. The highest BCUT2D eigenvalue weighted by molar-refractivity contribution is 6.33. The standard InChI is InChI=1S/C17H16ClNO3/c1-10-3-5-12(6-4-10)16(20)11(2)22-17(21)13-7-8-14(18)15(19)9-13/h3-9,11H,19H2,1-2H3/t11-/m0/s1. The summed E-state index contributed by atoms with van der Waals surface area (Å²) < 4.78 is 5.19. The number of anilines is 1. The molecule has 0 saturated heterocycles. The van der Waals surface area contributed by atoms with Gasteiger partial charge < -0.3 is 10.5 Å². The Balaban J connectivity index is 2.08. The van der Waals surface area contributed by atoms with E-state index in [1.165, 1.54) is 18.2 Å². The monoisotopic (exact) mass is 317 g/mol. The summed E-state index contributed by atoms with van der Waals surface area (Å²) in [5, 5.41) is 0.361. The molecule has 2 aromatic carbocycles. The van der Waals surface area contributed by atoms with Gasteiger partial charge in [-0.05, 0) is 32.0 Å². The van der Waals surface area contributed by atoms with E-state index in [0.29, 0.717) is 10.6 Å². The maximum atomic E-state index is 12.2. The molecule has 0 unspecified atom stereocenters. The van der Waals surface area contributed by atoms with Crippen molar-refractivity contribution in [3.8, 4) is 0 Å². The molecule has 5 heteroatoms. The lowest BCUT2D eigenvalue weighted by molar-refractivity contribution is 0.0319. The third-order valence-corrected chi connectivity index (χ3v) is 3.57. The molecule has 0 aromatic heterocycles. The van der Waals surface area contributed by atoms with Gasteiger partial charge in [0.05, 0.1) is 16.3 Å². The molecule has 0 radical (unpaired) electrons. The molecule has 0 spiro atoms. The van der Waals surface area contributed by atoms with Crippen LogP contribution in [0.4, 0.5) is 5.69 Å². The number of rotatable bonds is 4. The van der Waals surface area contributed by atoms with Gasteiger partial charge in [0.15, 0.2) is 6.10 Å². The number of benzene rings is 2. The summed E-state index contributed by atoms with van der Waals surface area (Å²) in [6.07, 6.45) is -0.882. The number of esters is 1. The van der Waals surface area contributed by atoms with E-state index >= 15 is 0 Å². The Hall–Kier alpha value is -2.33. The van der Waals surface area contributed by atoms with Crippen molar-refractivity contribution in [1.29, 1.82) is 0 Å². The van der Waals surface area contributed by atoms with Crippen LogP contribution in [0.15, 0.2) is 42.5 Å². The zero-order chi connectivity index (χ0) is 16.3. The molecule has 22 heavy (non-hydrogen) atoms. The van der Waals surface area contributed by atoms with Gasteiger partial charge in [0, 0.05) is 5.56 Å². The van der Waals surface area contributed by atoms with Gasteiger partial charge >= 0.3 is 5.97 Å². The highest BCUT2D eigenvalue weighted by Crippen LogP contribution is 2.20. The van der Waals surface area contributed by atoms with E-state index in [1.54, 1.807) is 19.1 Å². The molecule has 0 aliphatic rings. The second-order valence-electron chi connectivity index (χ2n) is 5.01. The average Bonchev–Trinajstić information content (AvgIpc) is 2.50. The molecular weight excluding hydrogens is 302 g/mol. The van der Waals surface area contributed by atoms with E-state index in [1.807, 2.05) is 19.1 Å². The van der Waals surface area contributed by atoms with Gasteiger partial charge in [0.1, 0.15) is 0 Å². The van der Waals surface area contributed by atoms with E-state index in [9.17, 15) is 9.59 Å². The van der Waals surface area contributed by atoms with Gasteiger partial charge in [-0.2, -0.15) is 0 Å². The molecule has 4 nitrogen and oxygen atoms in total. The Kier molecular flexibility index (Phi) is 4.83. The molecular formula is C17H16ClNO3. The van der Waals surface area contributed by atoms with Crippen molar-refractivity contribution in [3.63, 3.8) is 0 Å². The maximum Gasteiger partial charge on any atom is 0.338 e. The van der Waals surface area contributed by atoms with Gasteiger partial charge in [-0.3, -0.25) is 4.79 Å². The van der Waals surface area contributed by atoms with Crippen LogP contribution >= 0.6 is 11.6 Å². The SMILES string of the molecule is Cc1ccc(C(=O)[C@H](C)OC(=O)c2ccc(Cl)c(N)c2)cc1. The van der Waals surface area contributed by atoms with Crippen molar-refractivity contribution < 1.29 is 14.3 Å². The topological polar surface area (TPSA) is 69.4 Å². The number of aryl methyl sites for hydroxylation is 1. The van der Waals surface area contributed by atoms with Crippen LogP contribution in [-0.4, -0.2) is 17.9 Å². The van der Waals surface area contributed by atoms with Crippen LogP contribution in [-0.2, 0) is 4.74 Å². The zero-order valence-electron chi connectivity index (χ0n) is 12.3. The Morgan fingerprint density at radius 3 is 2.27 bits per heavy atom. The van der Waals surface area contributed by atoms with Crippen molar-refractivity contribution in [2.75, 3.05) is 5.73 Å². The van der Waals surface area contributed by atoms with Gasteiger partial charge in [-0.15, -0.1) is 0 Å². The number of hydrogen-bond acceptors (Lipinski definition) is 4. The first-order valence-corrected chi connectivity index (χ1v) is 7.13. The van der Waals surface area contributed by atoms with Crippen LogP contribution in [0.5, 0.6) is 0 Å². The third kappa shape index (κ3) is 3.65. The molecule has 2 aromatic rings. The minimum absolute atomic E-state index is 0.254. The summed E-state index contributed by atoms with van der Waals surface area (Å²) >= 11 is 5.80.